The molecular weight excluding hydrogens is 521 g/mol. The molecule has 0 bridgehead atoms. The van der Waals surface area contributed by atoms with Gasteiger partial charge in [-0.15, -0.1) is 0 Å². The summed E-state index contributed by atoms with van der Waals surface area (Å²) in [7, 11) is 0. The van der Waals surface area contributed by atoms with Crippen LogP contribution < -0.4 is 10.6 Å². The number of halogens is 6. The fourth-order valence-corrected chi connectivity index (χ4v) is 4.80. The highest BCUT2D eigenvalue weighted by molar-refractivity contribution is 6.33. The quantitative estimate of drug-likeness (QED) is 0.340. The van der Waals surface area contributed by atoms with E-state index >= 15 is 0 Å². The maximum absolute atomic E-state index is 14.0. The Bertz CT molecular complexity index is 1270. The van der Waals surface area contributed by atoms with Gasteiger partial charge in [-0.3, -0.25) is 4.79 Å². The van der Waals surface area contributed by atoms with Gasteiger partial charge in [0.05, 0.1) is 23.8 Å². The number of hydrogen-bond acceptors (Lipinski definition) is 4. The molecule has 0 spiro atoms. The second-order valence-corrected chi connectivity index (χ2v) is 10.4. The zero-order valence-corrected chi connectivity index (χ0v) is 21.1. The molecule has 12 heteroatoms. The number of pyridine rings is 1. The van der Waals surface area contributed by atoms with Crippen LogP contribution >= 0.6 is 23.2 Å². The van der Waals surface area contributed by atoms with Crippen LogP contribution in [-0.4, -0.2) is 38.4 Å². The Hall–Kier alpha value is -2.59. The zero-order chi connectivity index (χ0) is 26.3. The van der Waals surface area contributed by atoms with Gasteiger partial charge in [0.25, 0.3) is 5.91 Å². The largest absolute Gasteiger partial charge is 0.433 e. The van der Waals surface area contributed by atoms with E-state index in [1.54, 1.807) is 6.07 Å². The van der Waals surface area contributed by atoms with Gasteiger partial charge in [0.2, 0.25) is 0 Å². The van der Waals surface area contributed by atoms with Crippen LogP contribution in [0.1, 0.15) is 55.6 Å². The Kier molecular flexibility index (Phi) is 7.39. The number of aromatic nitrogens is 3. The summed E-state index contributed by atoms with van der Waals surface area (Å²) in [6, 6.07) is 5.08. The maximum Gasteiger partial charge on any atom is 0.433 e. The fourth-order valence-electron chi connectivity index (χ4n) is 4.39. The van der Waals surface area contributed by atoms with Crippen LogP contribution in [0.25, 0.3) is 10.9 Å². The summed E-state index contributed by atoms with van der Waals surface area (Å²) in [5.41, 5.74) is -1.95. The predicted octanol–water partition coefficient (Wildman–Crippen LogP) is 6.66. The molecule has 2 heterocycles. The maximum atomic E-state index is 14.0. The van der Waals surface area contributed by atoms with Gasteiger partial charge < -0.3 is 10.6 Å². The normalized spacial score (nSPS) is 18.9. The first-order valence-corrected chi connectivity index (χ1v) is 12.2. The monoisotopic (exact) mass is 545 g/mol. The lowest BCUT2D eigenvalue weighted by molar-refractivity contribution is -0.140. The van der Waals surface area contributed by atoms with Gasteiger partial charge in [-0.2, -0.15) is 18.3 Å². The van der Waals surface area contributed by atoms with Crippen molar-refractivity contribution in [1.29, 1.82) is 0 Å². The first-order valence-electron chi connectivity index (χ1n) is 11.5. The van der Waals surface area contributed by atoms with Crippen LogP contribution in [0.15, 0.2) is 30.5 Å². The average molecular weight is 546 g/mol. The average Bonchev–Trinajstić information content (AvgIpc) is 3.12. The third-order valence-corrected chi connectivity index (χ3v) is 6.61. The Balaban J connectivity index is 1.49. The van der Waals surface area contributed by atoms with Crippen molar-refractivity contribution in [2.75, 3.05) is 5.32 Å². The van der Waals surface area contributed by atoms with Crippen molar-refractivity contribution in [2.45, 2.75) is 70.0 Å². The minimum Gasteiger partial charge on any atom is -0.382 e. The molecule has 4 rings (SSSR count). The molecule has 36 heavy (non-hydrogen) atoms. The van der Waals surface area contributed by atoms with Gasteiger partial charge in [-0.25, -0.2) is 14.1 Å². The second kappa shape index (κ2) is 10.0. The number of carbonyl (C=O) groups excluding carboxylic acids is 1. The van der Waals surface area contributed by atoms with Gasteiger partial charge in [0.15, 0.2) is 0 Å². The molecule has 2 atom stereocenters. The van der Waals surface area contributed by atoms with Gasteiger partial charge in [-0.1, -0.05) is 23.2 Å². The summed E-state index contributed by atoms with van der Waals surface area (Å²) in [6.45, 7) is 2.67. The highest BCUT2D eigenvalue weighted by atomic mass is 35.5. The number of hydrogen-bond donors (Lipinski definition) is 2. The Morgan fingerprint density at radius 2 is 1.86 bits per heavy atom. The van der Waals surface area contributed by atoms with E-state index in [1.807, 2.05) is 0 Å². The lowest BCUT2D eigenvalue weighted by Crippen LogP contribution is -2.41. The summed E-state index contributed by atoms with van der Waals surface area (Å²) in [6.07, 6.45) is -0.656. The smallest absolute Gasteiger partial charge is 0.382 e. The number of fused-ring (bicyclic) bond motifs is 1. The van der Waals surface area contributed by atoms with E-state index in [2.05, 4.69) is 20.7 Å². The van der Waals surface area contributed by atoms with Crippen molar-refractivity contribution in [3.63, 3.8) is 0 Å². The number of nitrogens with one attached hydrogen (secondary N) is 2. The number of anilines is 1. The van der Waals surface area contributed by atoms with Crippen LogP contribution in [0.2, 0.25) is 10.2 Å². The molecule has 3 aromatic rings. The van der Waals surface area contributed by atoms with E-state index in [9.17, 15) is 22.4 Å². The summed E-state index contributed by atoms with van der Waals surface area (Å²) < 4.78 is 55.5. The third-order valence-electron chi connectivity index (χ3n) is 5.98. The molecule has 0 unspecified atom stereocenters. The molecular formula is C24H25Cl2F4N5O. The molecule has 0 saturated heterocycles. The molecule has 2 N–H and O–H groups in total. The SMILES string of the molecule is CC(C)(F)Cn1ncc(C(=O)N[C@@H]2CCC[C@H](Nc3cc(C(F)(F)F)nc4ccc(Cl)cc34)C2)c1Cl. The molecule has 0 aliphatic heterocycles. The highest BCUT2D eigenvalue weighted by Crippen LogP contribution is 2.35. The van der Waals surface area contributed by atoms with Gasteiger partial charge in [-0.05, 0) is 63.8 Å². The number of carbonyl (C=O) groups is 1. The van der Waals surface area contributed by atoms with Crippen molar-refractivity contribution in [1.82, 2.24) is 20.1 Å². The first-order chi connectivity index (χ1) is 16.8. The van der Waals surface area contributed by atoms with E-state index in [0.29, 0.717) is 29.7 Å². The Morgan fingerprint density at radius 1 is 1.14 bits per heavy atom. The molecule has 2 aromatic heterocycles. The molecule has 194 valence electrons. The van der Waals surface area contributed by atoms with Crippen LogP contribution in [0, 0.1) is 0 Å². The fraction of sp³-hybridized carbons (Fsp3) is 0.458. The van der Waals surface area contributed by atoms with Gasteiger partial charge >= 0.3 is 6.18 Å². The summed E-state index contributed by atoms with van der Waals surface area (Å²) in [4.78, 5) is 16.6. The van der Waals surface area contributed by atoms with Crippen LogP contribution in [0.3, 0.4) is 0 Å². The minimum absolute atomic E-state index is 0.0449. The molecule has 1 aliphatic rings. The van der Waals surface area contributed by atoms with Crippen molar-refractivity contribution in [3.05, 3.63) is 51.9 Å². The van der Waals surface area contributed by atoms with Gasteiger partial charge in [0, 0.05) is 28.2 Å². The molecule has 1 aromatic carbocycles. The minimum atomic E-state index is -4.60. The van der Waals surface area contributed by atoms with Crippen LogP contribution in [0.5, 0.6) is 0 Å². The molecule has 1 saturated carbocycles. The molecule has 1 fully saturated rings. The highest BCUT2D eigenvalue weighted by Gasteiger charge is 2.34. The van der Waals surface area contributed by atoms with Crippen LogP contribution in [-0.2, 0) is 12.7 Å². The van der Waals surface area contributed by atoms with Gasteiger partial charge in [0.1, 0.15) is 16.5 Å². The summed E-state index contributed by atoms with van der Waals surface area (Å²) in [5.74, 6) is -0.436. The van der Waals surface area contributed by atoms with Crippen molar-refractivity contribution in [2.24, 2.45) is 0 Å². The topological polar surface area (TPSA) is 71.8 Å². The van der Waals surface area contributed by atoms with E-state index in [-0.39, 0.29) is 40.5 Å². The van der Waals surface area contributed by atoms with E-state index in [4.69, 9.17) is 23.2 Å². The Morgan fingerprint density at radius 3 is 2.56 bits per heavy atom. The second-order valence-electron chi connectivity index (χ2n) is 9.62. The molecule has 1 amide bonds. The van der Waals surface area contributed by atoms with Crippen molar-refractivity contribution < 1.29 is 22.4 Å². The lowest BCUT2D eigenvalue weighted by Gasteiger charge is -2.31. The zero-order valence-electron chi connectivity index (χ0n) is 19.6. The molecule has 6 nitrogen and oxygen atoms in total. The standard InChI is InChI=1S/C24H25Cl2F4N5O/c1-23(2,27)12-35-21(26)17(11-31-35)22(36)33-15-5-3-4-14(9-15)32-19-10-20(24(28,29)30)34-18-7-6-13(25)8-16(18)19/h6-8,10-11,14-15H,3-5,9,12H2,1-2H3,(H,32,34)(H,33,36)/t14-,15+/m0/s1. The molecule has 1 aliphatic carbocycles. The molecule has 0 radical (unpaired) electrons. The van der Waals surface area contributed by atoms with Crippen LogP contribution in [0.4, 0.5) is 23.2 Å². The van der Waals surface area contributed by atoms with Crippen molar-refractivity contribution >= 4 is 45.7 Å². The van der Waals surface area contributed by atoms with Crippen molar-refractivity contribution in [3.8, 4) is 0 Å². The third kappa shape index (κ3) is 6.21. The van der Waals surface area contributed by atoms with E-state index in [0.717, 1.165) is 12.5 Å². The Labute approximate surface area is 215 Å². The number of nitrogens with zero attached hydrogens (tertiary/aromatic N) is 3. The summed E-state index contributed by atoms with van der Waals surface area (Å²) in [5, 5.41) is 11.1. The number of benzene rings is 1. The first kappa shape index (κ1) is 26.5. The lowest BCUT2D eigenvalue weighted by atomic mass is 9.90. The van der Waals surface area contributed by atoms with E-state index < -0.39 is 23.4 Å². The number of alkyl halides is 4. The number of rotatable bonds is 6. The summed E-state index contributed by atoms with van der Waals surface area (Å²) >= 11 is 12.3. The predicted molar refractivity (Wildman–Crippen MR) is 131 cm³/mol. The number of amides is 1. The van der Waals surface area contributed by atoms with E-state index in [1.165, 1.54) is 36.9 Å².